The number of nitrogens with one attached hydrogen (secondary N) is 3. The molecule has 0 heterocycles. The van der Waals surface area contributed by atoms with Crippen molar-refractivity contribution < 1.29 is 19.1 Å². The maximum Gasteiger partial charge on any atom is 0.319 e. The molecule has 3 N–H and O–H groups in total. The number of hydrogen-bond donors (Lipinski definition) is 3. The Morgan fingerprint density at radius 2 is 1.80 bits per heavy atom. The van der Waals surface area contributed by atoms with Gasteiger partial charge in [-0.3, -0.25) is 9.59 Å². The van der Waals surface area contributed by atoms with Crippen molar-refractivity contribution in [3.63, 3.8) is 0 Å². The average molecular weight is 409 g/mol. The molecule has 2 aromatic rings. The minimum absolute atomic E-state index is 0.0217. The fraction of sp³-hybridized carbons (Fsp3) is 0.348. The molecular weight excluding hydrogens is 382 g/mol. The zero-order valence-corrected chi connectivity index (χ0v) is 17.0. The fourth-order valence-corrected chi connectivity index (χ4v) is 3.48. The van der Waals surface area contributed by atoms with Crippen LogP contribution >= 0.6 is 0 Å². The molecule has 1 aliphatic carbocycles. The Bertz CT molecular complexity index is 885. The first-order chi connectivity index (χ1) is 14.5. The predicted octanol–water partition coefficient (Wildman–Crippen LogP) is 3.32. The van der Waals surface area contributed by atoms with E-state index in [2.05, 4.69) is 22.0 Å². The number of carbonyl (C=O) groups excluding carboxylic acids is 3. The minimum atomic E-state index is -0.898. The van der Waals surface area contributed by atoms with Gasteiger partial charge in [0.15, 0.2) is 6.10 Å². The Morgan fingerprint density at radius 3 is 2.60 bits per heavy atom. The second kappa shape index (κ2) is 10.4. The number of fused-ring (bicyclic) bond motifs is 1. The Hall–Kier alpha value is -3.35. The number of anilines is 1. The van der Waals surface area contributed by atoms with E-state index in [-0.39, 0.29) is 24.9 Å². The van der Waals surface area contributed by atoms with Gasteiger partial charge in [0.2, 0.25) is 0 Å². The first-order valence-corrected chi connectivity index (χ1v) is 10.2. The summed E-state index contributed by atoms with van der Waals surface area (Å²) in [5.74, 6) is -0.860. The zero-order valence-electron chi connectivity index (χ0n) is 17.0. The van der Waals surface area contributed by atoms with Gasteiger partial charge in [-0.1, -0.05) is 42.5 Å². The van der Waals surface area contributed by atoms with Gasteiger partial charge in [-0.25, -0.2) is 4.79 Å². The number of benzene rings is 2. The quantitative estimate of drug-likeness (QED) is 0.611. The third-order valence-electron chi connectivity index (χ3n) is 5.01. The van der Waals surface area contributed by atoms with Crippen LogP contribution < -0.4 is 16.0 Å². The van der Waals surface area contributed by atoms with Crippen LogP contribution in [0.25, 0.3) is 0 Å². The molecule has 7 nitrogen and oxygen atoms in total. The highest BCUT2D eigenvalue weighted by Crippen LogP contribution is 2.29. The molecule has 0 spiro atoms. The first-order valence-electron chi connectivity index (χ1n) is 10.2. The zero-order chi connectivity index (χ0) is 21.3. The van der Waals surface area contributed by atoms with Gasteiger partial charge in [-0.2, -0.15) is 0 Å². The molecule has 0 aliphatic heterocycles. The number of hydrogen-bond acceptors (Lipinski definition) is 4. The van der Waals surface area contributed by atoms with E-state index in [0.717, 1.165) is 24.8 Å². The van der Waals surface area contributed by atoms with Crippen molar-refractivity contribution >= 4 is 23.6 Å². The lowest BCUT2D eigenvalue weighted by molar-refractivity contribution is -0.155. The van der Waals surface area contributed by atoms with Gasteiger partial charge in [-0.15, -0.1) is 0 Å². The third kappa shape index (κ3) is 6.07. The smallest absolute Gasteiger partial charge is 0.319 e. The second-order valence-electron chi connectivity index (χ2n) is 7.28. The predicted molar refractivity (Wildman–Crippen MR) is 114 cm³/mol. The van der Waals surface area contributed by atoms with Gasteiger partial charge in [-0.05, 0) is 49.4 Å². The van der Waals surface area contributed by atoms with Crippen molar-refractivity contribution in [1.29, 1.82) is 0 Å². The highest BCUT2D eigenvalue weighted by Gasteiger charge is 2.25. The fourth-order valence-electron chi connectivity index (χ4n) is 3.48. The Balaban J connectivity index is 1.39. The molecule has 0 saturated heterocycles. The molecule has 2 atom stereocenters. The summed E-state index contributed by atoms with van der Waals surface area (Å²) in [5.41, 5.74) is 3.04. The minimum Gasteiger partial charge on any atom is -0.452 e. The van der Waals surface area contributed by atoms with Crippen molar-refractivity contribution in [1.82, 2.24) is 10.6 Å². The van der Waals surface area contributed by atoms with Crippen molar-refractivity contribution in [2.75, 3.05) is 11.9 Å². The molecule has 1 aliphatic rings. The van der Waals surface area contributed by atoms with E-state index in [9.17, 15) is 14.4 Å². The van der Waals surface area contributed by atoms with Gasteiger partial charge in [0.05, 0.1) is 12.5 Å². The van der Waals surface area contributed by atoms with Crippen LogP contribution in [0.5, 0.6) is 0 Å². The maximum absolute atomic E-state index is 12.5. The summed E-state index contributed by atoms with van der Waals surface area (Å²) in [6.45, 7) is 1.67. The van der Waals surface area contributed by atoms with Crippen molar-refractivity contribution in [3.8, 4) is 0 Å². The second-order valence-corrected chi connectivity index (χ2v) is 7.28. The molecule has 158 valence electrons. The van der Waals surface area contributed by atoms with Crippen LogP contribution in [-0.4, -0.2) is 30.6 Å². The summed E-state index contributed by atoms with van der Waals surface area (Å²) in [7, 11) is 0. The topological polar surface area (TPSA) is 96.5 Å². The molecule has 0 aromatic heterocycles. The van der Waals surface area contributed by atoms with E-state index in [1.807, 2.05) is 36.4 Å². The molecule has 3 amide bonds. The van der Waals surface area contributed by atoms with E-state index in [4.69, 9.17) is 4.74 Å². The number of ether oxygens (including phenoxy) is 1. The summed E-state index contributed by atoms with van der Waals surface area (Å²) in [5, 5.41) is 8.24. The molecule has 0 unspecified atom stereocenters. The Labute approximate surface area is 176 Å². The van der Waals surface area contributed by atoms with Gasteiger partial charge < -0.3 is 20.7 Å². The summed E-state index contributed by atoms with van der Waals surface area (Å²) in [6, 6.07) is 16.6. The monoisotopic (exact) mass is 409 g/mol. The summed E-state index contributed by atoms with van der Waals surface area (Å²) in [4.78, 5) is 36.3. The molecule has 7 heteroatoms. The highest BCUT2D eigenvalue weighted by molar-refractivity contribution is 5.89. The SMILES string of the molecule is C[C@H](OC(=O)CCNC(=O)Nc1ccccc1)C(=O)N[C@H]1CCCc2ccccc21. The van der Waals surface area contributed by atoms with Crippen LogP contribution in [0.15, 0.2) is 54.6 Å². The van der Waals surface area contributed by atoms with Crippen LogP contribution in [-0.2, 0) is 20.7 Å². The van der Waals surface area contributed by atoms with E-state index in [0.29, 0.717) is 5.69 Å². The van der Waals surface area contributed by atoms with Crippen LogP contribution in [0, 0.1) is 0 Å². The van der Waals surface area contributed by atoms with Gasteiger partial charge in [0, 0.05) is 12.2 Å². The molecule has 30 heavy (non-hydrogen) atoms. The number of esters is 1. The largest absolute Gasteiger partial charge is 0.452 e. The summed E-state index contributed by atoms with van der Waals surface area (Å²) in [6.07, 6.45) is 1.96. The molecule has 0 saturated carbocycles. The number of carbonyl (C=O) groups is 3. The summed E-state index contributed by atoms with van der Waals surface area (Å²) >= 11 is 0. The standard InChI is InChI=1S/C23H27N3O4/c1-16(22(28)26-20-13-7-9-17-8-5-6-12-19(17)20)30-21(27)14-15-24-23(29)25-18-10-3-2-4-11-18/h2-6,8,10-12,16,20H,7,9,13-15H2,1H3,(H,26,28)(H2,24,25,29)/t16-,20-/m0/s1. The van der Waals surface area contributed by atoms with E-state index in [1.54, 1.807) is 19.1 Å². The van der Waals surface area contributed by atoms with Crippen molar-refractivity contribution in [2.24, 2.45) is 0 Å². The Kier molecular flexibility index (Phi) is 7.43. The van der Waals surface area contributed by atoms with Crippen molar-refractivity contribution in [2.45, 2.75) is 44.8 Å². The van der Waals surface area contributed by atoms with E-state index >= 15 is 0 Å². The normalized spacial score (nSPS) is 16.0. The lowest BCUT2D eigenvalue weighted by Gasteiger charge is -2.27. The maximum atomic E-state index is 12.5. The van der Waals surface area contributed by atoms with E-state index in [1.165, 1.54) is 5.56 Å². The number of rotatable bonds is 7. The first kappa shape index (κ1) is 21.4. The number of urea groups is 1. The Morgan fingerprint density at radius 1 is 1.07 bits per heavy atom. The van der Waals surface area contributed by atoms with Gasteiger partial charge in [0.1, 0.15) is 0 Å². The number of para-hydroxylation sites is 1. The van der Waals surface area contributed by atoms with E-state index < -0.39 is 18.1 Å². The number of amides is 3. The lowest BCUT2D eigenvalue weighted by atomic mass is 9.87. The molecule has 0 bridgehead atoms. The molecule has 0 fully saturated rings. The molecule has 2 aromatic carbocycles. The van der Waals surface area contributed by atoms with Crippen molar-refractivity contribution in [3.05, 3.63) is 65.7 Å². The molecule has 3 rings (SSSR count). The van der Waals surface area contributed by atoms with Crippen LogP contribution in [0.4, 0.5) is 10.5 Å². The van der Waals surface area contributed by atoms with Crippen LogP contribution in [0.1, 0.15) is 43.4 Å². The van der Waals surface area contributed by atoms with Gasteiger partial charge in [0.25, 0.3) is 5.91 Å². The third-order valence-corrected chi connectivity index (χ3v) is 5.01. The number of aryl methyl sites for hydroxylation is 1. The summed E-state index contributed by atoms with van der Waals surface area (Å²) < 4.78 is 5.22. The van der Waals surface area contributed by atoms with Crippen LogP contribution in [0.2, 0.25) is 0 Å². The lowest BCUT2D eigenvalue weighted by Crippen LogP contribution is -2.39. The molecular formula is C23H27N3O4. The average Bonchev–Trinajstić information content (AvgIpc) is 2.74. The highest BCUT2D eigenvalue weighted by atomic mass is 16.5. The van der Waals surface area contributed by atoms with Crippen LogP contribution in [0.3, 0.4) is 0 Å². The van der Waals surface area contributed by atoms with Gasteiger partial charge >= 0.3 is 12.0 Å². The molecule has 0 radical (unpaired) electrons.